The molecule has 2 aliphatic heterocycles. The van der Waals surface area contributed by atoms with Gasteiger partial charge in [-0.2, -0.15) is 0 Å². The van der Waals surface area contributed by atoms with E-state index in [2.05, 4.69) is 73.0 Å². The van der Waals surface area contributed by atoms with Crippen LogP contribution in [-0.4, -0.2) is 0 Å². The standard InChI is InChI=1S/C22H20N2/c1-13-7-16-10-18-11-17-9-15-5-3-4-6-19(15)23-21(17)12-22(18)24-20(16)8-14(13)2/h3-8,11-12,23-24H,9-10H2,1-2H3. The van der Waals surface area contributed by atoms with Gasteiger partial charge in [0.15, 0.2) is 0 Å². The number of anilines is 4. The fraction of sp³-hybridized carbons (Fsp3) is 0.182. The van der Waals surface area contributed by atoms with Crippen LogP contribution in [0.15, 0.2) is 48.5 Å². The summed E-state index contributed by atoms with van der Waals surface area (Å²) in [6.07, 6.45) is 2.01. The average Bonchev–Trinajstić information content (AvgIpc) is 2.58. The summed E-state index contributed by atoms with van der Waals surface area (Å²) in [5.41, 5.74) is 13.2. The third-order valence-corrected chi connectivity index (χ3v) is 5.37. The Morgan fingerprint density at radius 3 is 2.00 bits per heavy atom. The molecule has 118 valence electrons. The summed E-state index contributed by atoms with van der Waals surface area (Å²) >= 11 is 0. The van der Waals surface area contributed by atoms with E-state index in [0.717, 1.165) is 12.8 Å². The fourth-order valence-electron chi connectivity index (χ4n) is 3.86. The Hall–Kier alpha value is -2.74. The Kier molecular flexibility index (Phi) is 2.78. The lowest BCUT2D eigenvalue weighted by atomic mass is 9.89. The monoisotopic (exact) mass is 312 g/mol. The predicted molar refractivity (Wildman–Crippen MR) is 101 cm³/mol. The molecular weight excluding hydrogens is 292 g/mol. The van der Waals surface area contributed by atoms with Crippen molar-refractivity contribution in [3.8, 4) is 0 Å². The van der Waals surface area contributed by atoms with Crippen LogP contribution >= 0.6 is 0 Å². The van der Waals surface area contributed by atoms with Gasteiger partial charge in [-0.05, 0) is 65.4 Å². The summed E-state index contributed by atoms with van der Waals surface area (Å²) in [5, 5.41) is 7.24. The smallest absolute Gasteiger partial charge is 0.0441 e. The minimum atomic E-state index is 1.01. The van der Waals surface area contributed by atoms with Gasteiger partial charge in [0, 0.05) is 35.6 Å². The van der Waals surface area contributed by atoms with Gasteiger partial charge in [-0.25, -0.2) is 0 Å². The molecule has 0 spiro atoms. The summed E-state index contributed by atoms with van der Waals surface area (Å²) in [7, 11) is 0. The van der Waals surface area contributed by atoms with E-state index in [-0.39, 0.29) is 0 Å². The molecule has 0 atom stereocenters. The molecule has 3 aromatic carbocycles. The Morgan fingerprint density at radius 2 is 1.17 bits per heavy atom. The summed E-state index contributed by atoms with van der Waals surface area (Å²) in [6, 6.07) is 17.8. The molecule has 0 aromatic heterocycles. The molecule has 0 aliphatic carbocycles. The second kappa shape index (κ2) is 4.88. The van der Waals surface area contributed by atoms with Crippen LogP contribution in [0.2, 0.25) is 0 Å². The van der Waals surface area contributed by atoms with Gasteiger partial charge < -0.3 is 10.6 Å². The van der Waals surface area contributed by atoms with Crippen LogP contribution in [0.25, 0.3) is 0 Å². The highest BCUT2D eigenvalue weighted by atomic mass is 14.9. The van der Waals surface area contributed by atoms with Gasteiger partial charge in [-0.1, -0.05) is 30.3 Å². The first kappa shape index (κ1) is 13.7. The van der Waals surface area contributed by atoms with Gasteiger partial charge in [-0.15, -0.1) is 0 Å². The molecule has 0 amide bonds. The highest BCUT2D eigenvalue weighted by Gasteiger charge is 2.21. The lowest BCUT2D eigenvalue weighted by Gasteiger charge is -2.27. The molecule has 2 nitrogen and oxygen atoms in total. The number of hydrogen-bond donors (Lipinski definition) is 2. The first-order chi connectivity index (χ1) is 11.7. The number of fused-ring (bicyclic) bond motifs is 4. The van der Waals surface area contributed by atoms with Crippen LogP contribution in [0.3, 0.4) is 0 Å². The highest BCUT2D eigenvalue weighted by Crippen LogP contribution is 2.40. The van der Waals surface area contributed by atoms with Crippen molar-refractivity contribution < 1.29 is 0 Å². The van der Waals surface area contributed by atoms with Crippen LogP contribution in [0.4, 0.5) is 22.7 Å². The zero-order valence-electron chi connectivity index (χ0n) is 14.0. The lowest BCUT2D eigenvalue weighted by molar-refractivity contribution is 1.10. The molecule has 2 heteroatoms. The van der Waals surface area contributed by atoms with Crippen molar-refractivity contribution in [3.63, 3.8) is 0 Å². The Morgan fingerprint density at radius 1 is 0.583 bits per heavy atom. The number of aryl methyl sites for hydroxylation is 2. The summed E-state index contributed by atoms with van der Waals surface area (Å²) in [5.74, 6) is 0. The first-order valence-corrected chi connectivity index (χ1v) is 8.55. The van der Waals surface area contributed by atoms with Gasteiger partial charge in [0.05, 0.1) is 0 Å². The van der Waals surface area contributed by atoms with Crippen molar-refractivity contribution in [3.05, 3.63) is 81.9 Å². The molecule has 0 saturated carbocycles. The first-order valence-electron chi connectivity index (χ1n) is 8.55. The summed E-state index contributed by atoms with van der Waals surface area (Å²) in [6.45, 7) is 4.37. The van der Waals surface area contributed by atoms with Gasteiger partial charge in [0.2, 0.25) is 0 Å². The maximum Gasteiger partial charge on any atom is 0.0441 e. The Labute approximate surface area is 142 Å². The normalized spacial score (nSPS) is 13.8. The number of para-hydroxylation sites is 1. The van der Waals surface area contributed by atoms with E-state index in [4.69, 9.17) is 0 Å². The van der Waals surface area contributed by atoms with Crippen molar-refractivity contribution in [2.45, 2.75) is 26.7 Å². The van der Waals surface area contributed by atoms with Crippen LogP contribution in [0.5, 0.6) is 0 Å². The molecule has 24 heavy (non-hydrogen) atoms. The van der Waals surface area contributed by atoms with Crippen molar-refractivity contribution in [2.75, 3.05) is 10.6 Å². The van der Waals surface area contributed by atoms with Gasteiger partial charge in [0.25, 0.3) is 0 Å². The number of rotatable bonds is 0. The molecule has 0 unspecified atom stereocenters. The lowest BCUT2D eigenvalue weighted by Crippen LogP contribution is -2.12. The molecule has 0 bridgehead atoms. The quantitative estimate of drug-likeness (QED) is 0.389. The van der Waals surface area contributed by atoms with E-state index in [1.807, 2.05) is 0 Å². The second-order valence-electron chi connectivity index (χ2n) is 7.02. The molecule has 5 rings (SSSR count). The van der Waals surface area contributed by atoms with Crippen molar-refractivity contribution in [2.24, 2.45) is 0 Å². The highest BCUT2D eigenvalue weighted by molar-refractivity contribution is 5.80. The maximum absolute atomic E-state index is 3.64. The maximum atomic E-state index is 3.64. The molecule has 2 heterocycles. The predicted octanol–water partition coefficient (Wildman–Crippen LogP) is 5.60. The molecule has 3 aromatic rings. The minimum absolute atomic E-state index is 1.01. The minimum Gasteiger partial charge on any atom is -0.355 e. The van der Waals surface area contributed by atoms with E-state index >= 15 is 0 Å². The van der Waals surface area contributed by atoms with E-state index < -0.39 is 0 Å². The van der Waals surface area contributed by atoms with Gasteiger partial charge in [0.1, 0.15) is 0 Å². The third kappa shape index (κ3) is 2.03. The Balaban J connectivity index is 1.58. The third-order valence-electron chi connectivity index (χ3n) is 5.37. The Bertz CT molecular complexity index is 907. The number of nitrogens with one attached hydrogen (secondary N) is 2. The van der Waals surface area contributed by atoms with E-state index in [9.17, 15) is 0 Å². The topological polar surface area (TPSA) is 24.1 Å². The molecular formula is C22H20N2. The molecule has 2 N–H and O–H groups in total. The number of benzene rings is 3. The van der Waals surface area contributed by atoms with Crippen molar-refractivity contribution in [1.29, 1.82) is 0 Å². The molecule has 0 radical (unpaired) electrons. The van der Waals surface area contributed by atoms with Crippen LogP contribution in [0.1, 0.15) is 33.4 Å². The summed E-state index contributed by atoms with van der Waals surface area (Å²) in [4.78, 5) is 0. The van der Waals surface area contributed by atoms with Gasteiger partial charge >= 0.3 is 0 Å². The van der Waals surface area contributed by atoms with E-state index in [1.54, 1.807) is 0 Å². The molecule has 0 fully saturated rings. The fourth-order valence-corrected chi connectivity index (χ4v) is 3.86. The molecule has 0 saturated heterocycles. The van der Waals surface area contributed by atoms with Crippen LogP contribution in [0, 0.1) is 13.8 Å². The van der Waals surface area contributed by atoms with Gasteiger partial charge in [-0.3, -0.25) is 0 Å². The van der Waals surface area contributed by atoms with E-state index in [1.165, 1.54) is 56.1 Å². The van der Waals surface area contributed by atoms with E-state index in [0.29, 0.717) is 0 Å². The zero-order chi connectivity index (χ0) is 16.3. The van der Waals surface area contributed by atoms with Crippen molar-refractivity contribution >= 4 is 22.7 Å². The summed E-state index contributed by atoms with van der Waals surface area (Å²) < 4.78 is 0. The largest absolute Gasteiger partial charge is 0.355 e. The van der Waals surface area contributed by atoms with Crippen LogP contribution in [-0.2, 0) is 12.8 Å². The van der Waals surface area contributed by atoms with Crippen molar-refractivity contribution in [1.82, 2.24) is 0 Å². The zero-order valence-corrected chi connectivity index (χ0v) is 14.0. The SMILES string of the molecule is Cc1cc2c(cc1C)Nc1cc3c(cc1C2)Cc1ccccc1N3. The molecule has 2 aliphatic rings. The average molecular weight is 312 g/mol. The number of hydrogen-bond acceptors (Lipinski definition) is 2. The second-order valence-corrected chi connectivity index (χ2v) is 7.02. The van der Waals surface area contributed by atoms with Crippen LogP contribution < -0.4 is 10.6 Å².